The van der Waals surface area contributed by atoms with E-state index >= 15 is 0 Å². The van der Waals surface area contributed by atoms with E-state index in [1.54, 1.807) is 36.4 Å². The Bertz CT molecular complexity index is 1310. The standard InChI is InChI=1S/C23H22N2O5S2/c1-19-12-14-21(15-13-19)32(28,29)25-31(27,22-11-5-6-16-24-22)18-23(26)30-17-7-10-20-8-3-2-4-9-20/h2-16H,17-18H2,1H3/b10-7+. The summed E-state index contributed by atoms with van der Waals surface area (Å²) in [4.78, 5) is 16.2. The Morgan fingerprint density at radius 3 is 2.31 bits per heavy atom. The molecular weight excluding hydrogens is 448 g/mol. The third kappa shape index (κ3) is 6.35. The van der Waals surface area contributed by atoms with Crippen LogP contribution in [0.2, 0.25) is 0 Å². The average Bonchev–Trinajstić information content (AvgIpc) is 2.78. The molecule has 2 aromatic carbocycles. The van der Waals surface area contributed by atoms with Crippen molar-refractivity contribution in [3.05, 3.63) is 96.2 Å². The molecule has 0 N–H and O–H groups in total. The number of hydrogen-bond donors (Lipinski definition) is 0. The van der Waals surface area contributed by atoms with Crippen molar-refractivity contribution in [1.82, 2.24) is 4.98 Å². The number of ether oxygens (including phenoxy) is 1. The monoisotopic (exact) mass is 470 g/mol. The lowest BCUT2D eigenvalue weighted by molar-refractivity contribution is -0.139. The molecule has 0 fully saturated rings. The molecule has 0 bridgehead atoms. The highest BCUT2D eigenvalue weighted by Gasteiger charge is 2.25. The van der Waals surface area contributed by atoms with Crippen molar-refractivity contribution in [2.24, 2.45) is 3.77 Å². The van der Waals surface area contributed by atoms with Crippen LogP contribution < -0.4 is 0 Å². The van der Waals surface area contributed by atoms with E-state index in [0.717, 1.165) is 11.1 Å². The summed E-state index contributed by atoms with van der Waals surface area (Å²) in [5.74, 6) is -1.59. The maximum Gasteiger partial charge on any atom is 0.320 e. The molecule has 1 unspecified atom stereocenters. The molecule has 166 valence electrons. The first-order valence-corrected chi connectivity index (χ1v) is 12.8. The first kappa shape index (κ1) is 23.4. The lowest BCUT2D eigenvalue weighted by atomic mass is 10.2. The van der Waals surface area contributed by atoms with Crippen molar-refractivity contribution in [3.63, 3.8) is 0 Å². The number of benzene rings is 2. The third-order valence-corrected chi connectivity index (χ3v) is 8.40. The quantitative estimate of drug-likeness (QED) is 0.463. The molecule has 32 heavy (non-hydrogen) atoms. The maximum absolute atomic E-state index is 13.6. The van der Waals surface area contributed by atoms with E-state index in [0.29, 0.717) is 0 Å². The van der Waals surface area contributed by atoms with Gasteiger partial charge in [0.15, 0.2) is 0 Å². The van der Waals surface area contributed by atoms with Crippen LogP contribution in [0, 0.1) is 6.92 Å². The predicted molar refractivity (Wildman–Crippen MR) is 123 cm³/mol. The average molecular weight is 471 g/mol. The summed E-state index contributed by atoms with van der Waals surface area (Å²) < 4.78 is 47.9. The Balaban J connectivity index is 1.83. The highest BCUT2D eigenvalue weighted by molar-refractivity contribution is 8.03. The topological polar surface area (TPSA) is 103 Å². The van der Waals surface area contributed by atoms with Crippen LogP contribution in [-0.2, 0) is 29.3 Å². The summed E-state index contributed by atoms with van der Waals surface area (Å²) >= 11 is 0. The van der Waals surface area contributed by atoms with Crippen molar-refractivity contribution >= 4 is 31.8 Å². The predicted octanol–water partition coefficient (Wildman–Crippen LogP) is 3.86. The number of esters is 1. The van der Waals surface area contributed by atoms with Crippen LogP contribution in [0.5, 0.6) is 0 Å². The Hall–Kier alpha value is -3.30. The Labute approximate surface area is 188 Å². The summed E-state index contributed by atoms with van der Waals surface area (Å²) in [6.45, 7) is 1.75. The van der Waals surface area contributed by atoms with Gasteiger partial charge in [0, 0.05) is 6.20 Å². The molecule has 0 radical (unpaired) electrons. The van der Waals surface area contributed by atoms with Crippen LogP contribution in [0.1, 0.15) is 11.1 Å². The Kier molecular flexibility index (Phi) is 7.55. The molecule has 3 rings (SSSR count). The van der Waals surface area contributed by atoms with Crippen molar-refractivity contribution in [2.45, 2.75) is 16.8 Å². The van der Waals surface area contributed by atoms with Crippen molar-refractivity contribution < 1.29 is 22.2 Å². The molecule has 1 aromatic heterocycles. The molecule has 0 spiro atoms. The van der Waals surface area contributed by atoms with Gasteiger partial charge in [0.2, 0.25) is 0 Å². The summed E-state index contributed by atoms with van der Waals surface area (Å²) in [6, 6.07) is 19.9. The first-order chi connectivity index (χ1) is 15.3. The SMILES string of the molecule is Cc1ccc(S(=O)(=O)N=S(=O)(CC(=O)OC/C=C/c2ccccc2)c2ccccn2)cc1. The number of hydrogen-bond acceptors (Lipinski definition) is 6. The second kappa shape index (κ2) is 10.3. The molecule has 1 heterocycles. The molecule has 1 atom stereocenters. The fourth-order valence-electron chi connectivity index (χ4n) is 2.68. The molecule has 0 saturated carbocycles. The van der Waals surface area contributed by atoms with E-state index in [4.69, 9.17) is 4.74 Å². The number of aromatic nitrogens is 1. The largest absolute Gasteiger partial charge is 0.461 e. The van der Waals surface area contributed by atoms with Crippen LogP contribution in [0.4, 0.5) is 0 Å². The van der Waals surface area contributed by atoms with E-state index in [1.165, 1.54) is 24.4 Å². The number of carbonyl (C=O) groups excluding carboxylic acids is 1. The zero-order chi connectivity index (χ0) is 23.0. The molecular formula is C23H22N2O5S2. The van der Waals surface area contributed by atoms with E-state index in [9.17, 15) is 17.4 Å². The second-order valence-electron chi connectivity index (χ2n) is 6.81. The molecule has 3 aromatic rings. The van der Waals surface area contributed by atoms with Gasteiger partial charge < -0.3 is 4.74 Å². The minimum absolute atomic E-state index is 0.0593. The van der Waals surface area contributed by atoms with Gasteiger partial charge >= 0.3 is 5.97 Å². The van der Waals surface area contributed by atoms with Crippen LogP contribution >= 0.6 is 0 Å². The van der Waals surface area contributed by atoms with E-state index in [-0.39, 0.29) is 16.5 Å². The van der Waals surface area contributed by atoms with Gasteiger partial charge in [0.05, 0.1) is 4.90 Å². The third-order valence-electron chi connectivity index (χ3n) is 4.27. The number of carbonyl (C=O) groups is 1. The summed E-state index contributed by atoms with van der Waals surface area (Å²) in [5.41, 5.74) is 1.79. The number of aryl methyl sites for hydroxylation is 1. The van der Waals surface area contributed by atoms with Gasteiger partial charge in [-0.05, 0) is 42.8 Å². The highest BCUT2D eigenvalue weighted by Crippen LogP contribution is 2.20. The highest BCUT2D eigenvalue weighted by atomic mass is 32.3. The fourth-order valence-corrected chi connectivity index (χ4v) is 6.35. The zero-order valence-electron chi connectivity index (χ0n) is 17.3. The fraction of sp³-hybridized carbons (Fsp3) is 0.130. The number of sulfonamides is 1. The van der Waals surface area contributed by atoms with E-state index in [2.05, 4.69) is 8.75 Å². The van der Waals surface area contributed by atoms with Gasteiger partial charge in [0.25, 0.3) is 10.0 Å². The molecule has 7 nitrogen and oxygen atoms in total. The number of pyridine rings is 1. The maximum atomic E-state index is 13.6. The van der Waals surface area contributed by atoms with Gasteiger partial charge in [-0.15, -0.1) is 3.77 Å². The Morgan fingerprint density at radius 2 is 1.66 bits per heavy atom. The molecule has 0 aliphatic rings. The van der Waals surface area contributed by atoms with Gasteiger partial charge in [0.1, 0.15) is 27.1 Å². The summed E-state index contributed by atoms with van der Waals surface area (Å²) in [6.07, 6.45) is 4.77. The number of nitrogens with zero attached hydrogens (tertiary/aromatic N) is 2. The molecule has 0 aliphatic carbocycles. The van der Waals surface area contributed by atoms with Crippen LogP contribution in [-0.4, -0.2) is 35.9 Å². The minimum atomic E-state index is -4.30. The van der Waals surface area contributed by atoms with Gasteiger partial charge in [-0.1, -0.05) is 60.2 Å². The van der Waals surface area contributed by atoms with Crippen molar-refractivity contribution in [2.75, 3.05) is 12.4 Å². The molecule has 0 saturated heterocycles. The second-order valence-corrected chi connectivity index (χ2v) is 10.8. The molecule has 0 aliphatic heterocycles. The normalized spacial score (nSPS) is 13.4. The number of rotatable bonds is 8. The summed E-state index contributed by atoms with van der Waals surface area (Å²) in [7, 11) is -8.05. The van der Waals surface area contributed by atoms with Crippen LogP contribution in [0.15, 0.2) is 98.8 Å². The zero-order valence-corrected chi connectivity index (χ0v) is 19.0. The summed E-state index contributed by atoms with van der Waals surface area (Å²) in [5, 5.41) is -0.104. The lowest BCUT2D eigenvalue weighted by Gasteiger charge is -2.09. The molecule has 9 heteroatoms. The van der Waals surface area contributed by atoms with Crippen molar-refractivity contribution in [3.8, 4) is 0 Å². The Morgan fingerprint density at radius 1 is 0.969 bits per heavy atom. The van der Waals surface area contributed by atoms with E-state index in [1.807, 2.05) is 37.3 Å². The van der Waals surface area contributed by atoms with Crippen molar-refractivity contribution in [1.29, 1.82) is 0 Å². The molecule has 0 amide bonds. The van der Waals surface area contributed by atoms with Crippen LogP contribution in [0.25, 0.3) is 6.08 Å². The van der Waals surface area contributed by atoms with Crippen LogP contribution in [0.3, 0.4) is 0 Å². The van der Waals surface area contributed by atoms with Gasteiger partial charge in [-0.2, -0.15) is 8.42 Å². The van der Waals surface area contributed by atoms with Gasteiger partial charge in [-0.3, -0.25) is 4.79 Å². The van der Waals surface area contributed by atoms with Gasteiger partial charge in [-0.25, -0.2) is 9.19 Å². The van der Waals surface area contributed by atoms with E-state index < -0.39 is 31.5 Å². The minimum Gasteiger partial charge on any atom is -0.461 e. The first-order valence-electron chi connectivity index (χ1n) is 9.65. The smallest absolute Gasteiger partial charge is 0.320 e. The lowest BCUT2D eigenvalue weighted by Crippen LogP contribution is -2.21.